The third kappa shape index (κ3) is 3.69. The van der Waals surface area contributed by atoms with Gasteiger partial charge >= 0.3 is 41.6 Å². The molecule has 1 aliphatic heterocycles. The van der Waals surface area contributed by atoms with Crippen molar-refractivity contribution in [2.75, 3.05) is 7.11 Å². The minimum absolute atomic E-state index is 0.526. The first kappa shape index (κ1) is 23.1. The van der Waals surface area contributed by atoms with E-state index in [0.29, 0.717) is 6.92 Å². The van der Waals surface area contributed by atoms with Crippen LogP contribution in [0.5, 0.6) is 0 Å². The number of esters is 2. The molecule has 1 rings (SSSR count). The first-order valence-electron chi connectivity index (χ1n) is 7.15. The molecule has 0 bridgehead atoms. The average Bonchev–Trinajstić information content (AvgIpc) is 2.86. The Kier molecular flexibility index (Phi) is 6.25. The van der Waals surface area contributed by atoms with Gasteiger partial charge in [-0.1, -0.05) is 0 Å². The lowest BCUT2D eigenvalue weighted by molar-refractivity contribution is -0.395. The van der Waals surface area contributed by atoms with Crippen LogP contribution in [0.3, 0.4) is 0 Å². The highest BCUT2D eigenvalue weighted by molar-refractivity contribution is 6.63. The van der Waals surface area contributed by atoms with Gasteiger partial charge in [0.15, 0.2) is 0 Å². The van der Waals surface area contributed by atoms with Gasteiger partial charge in [0.1, 0.15) is 6.04 Å². The van der Waals surface area contributed by atoms with Crippen LogP contribution in [0.25, 0.3) is 5.53 Å². The van der Waals surface area contributed by atoms with Gasteiger partial charge in [-0.3, -0.25) is 19.3 Å². The van der Waals surface area contributed by atoms with E-state index in [9.17, 15) is 45.5 Å². The highest BCUT2D eigenvalue weighted by Crippen LogP contribution is 2.52. The first-order chi connectivity index (χ1) is 12.7. The van der Waals surface area contributed by atoms with Gasteiger partial charge in [-0.2, -0.15) is 31.1 Å². The number of ether oxygens (including phenoxy) is 2. The van der Waals surface area contributed by atoms with Crippen LogP contribution < -0.4 is 0 Å². The van der Waals surface area contributed by atoms with Gasteiger partial charge in [-0.25, -0.2) is 4.79 Å². The molecule has 0 aromatic rings. The van der Waals surface area contributed by atoms with Crippen molar-refractivity contribution >= 4 is 29.3 Å². The van der Waals surface area contributed by atoms with Crippen LogP contribution in [-0.2, 0) is 28.7 Å². The van der Waals surface area contributed by atoms with Crippen molar-refractivity contribution in [1.29, 1.82) is 0 Å². The summed E-state index contributed by atoms with van der Waals surface area (Å²) in [6.07, 6.45) is -14.7. The maximum Gasteiger partial charge on any atom is 0.458 e. The van der Waals surface area contributed by atoms with E-state index in [2.05, 4.69) is 14.3 Å². The normalized spacial score (nSPS) is 18.9. The number of halogens is 6. The number of hydrogen-bond donors (Lipinski definition) is 0. The summed E-state index contributed by atoms with van der Waals surface area (Å²) in [7, 11) is 0.861. The Bertz CT molecular complexity index is 741. The Morgan fingerprint density at radius 2 is 1.71 bits per heavy atom. The molecule has 9 nitrogen and oxygen atoms in total. The molecule has 156 valence electrons. The number of methoxy groups -OCH3 is 1. The van der Waals surface area contributed by atoms with E-state index >= 15 is 0 Å². The SMILES string of the molecule is COC(=O)CCC1C(=O)OC(C(F)(F)F)(C(F)(F)F)N1C(=O)C(=[N+]=[N-])C(C)=O. The number of rotatable bonds is 5. The molecule has 28 heavy (non-hydrogen) atoms. The fraction of sp³-hybridized carbons (Fsp3) is 0.615. The van der Waals surface area contributed by atoms with Crippen molar-refractivity contribution in [1.82, 2.24) is 4.90 Å². The summed E-state index contributed by atoms with van der Waals surface area (Å²) >= 11 is 0. The highest BCUT2D eigenvalue weighted by atomic mass is 19.4. The maximum absolute atomic E-state index is 13.4. The smallest absolute Gasteiger partial charge is 0.458 e. The van der Waals surface area contributed by atoms with Crippen LogP contribution >= 0.6 is 0 Å². The Hall–Kier alpha value is -2.96. The standard InChI is InChI=1S/C13H11F6N3O6/c1-5(23)8(21-20)9(25)22-6(3-4-7(24)27-2)10(26)28-11(22,12(14,15)16)13(17,18)19/h6H,3-4H2,1-2H3. The van der Waals surface area contributed by atoms with Crippen LogP contribution in [0, 0.1) is 0 Å². The zero-order valence-corrected chi connectivity index (χ0v) is 14.1. The lowest BCUT2D eigenvalue weighted by atomic mass is 10.0. The topological polar surface area (TPSA) is 126 Å². The van der Waals surface area contributed by atoms with Crippen molar-refractivity contribution in [2.24, 2.45) is 0 Å². The Morgan fingerprint density at radius 3 is 2.07 bits per heavy atom. The summed E-state index contributed by atoms with van der Waals surface area (Å²) in [5.41, 5.74) is 1.50. The van der Waals surface area contributed by atoms with E-state index in [1.54, 1.807) is 0 Å². The third-order valence-electron chi connectivity index (χ3n) is 3.64. The molecular formula is C13H11F6N3O6. The van der Waals surface area contributed by atoms with Crippen LogP contribution in [0.1, 0.15) is 19.8 Å². The monoisotopic (exact) mass is 419 g/mol. The largest absolute Gasteiger partial charge is 0.469 e. The van der Waals surface area contributed by atoms with Gasteiger partial charge in [0.2, 0.25) is 5.78 Å². The molecule has 15 heteroatoms. The minimum Gasteiger partial charge on any atom is -0.469 e. The number of alkyl halides is 6. The van der Waals surface area contributed by atoms with E-state index in [1.807, 2.05) is 0 Å². The Balaban J connectivity index is 3.69. The van der Waals surface area contributed by atoms with Crippen molar-refractivity contribution < 1.29 is 59.8 Å². The summed E-state index contributed by atoms with van der Waals surface area (Å²) in [6, 6.07) is -2.58. The van der Waals surface area contributed by atoms with E-state index < -0.39 is 71.2 Å². The summed E-state index contributed by atoms with van der Waals surface area (Å²) in [4.78, 5) is 47.6. The van der Waals surface area contributed by atoms with Crippen LogP contribution in [0.2, 0.25) is 0 Å². The molecule has 0 aromatic carbocycles. The summed E-state index contributed by atoms with van der Waals surface area (Å²) in [6.45, 7) is 0.526. The van der Waals surface area contributed by atoms with Crippen LogP contribution in [0.15, 0.2) is 0 Å². The number of Topliss-reactive ketones (excluding diaryl/α,β-unsaturated/α-hetero) is 1. The zero-order valence-electron chi connectivity index (χ0n) is 14.1. The quantitative estimate of drug-likeness (QED) is 0.162. The molecule has 0 N–H and O–H groups in total. The van der Waals surface area contributed by atoms with Gasteiger partial charge in [0.25, 0.3) is 0 Å². The fourth-order valence-electron chi connectivity index (χ4n) is 2.40. The number of nitrogens with zero attached hydrogens (tertiary/aromatic N) is 3. The number of cyclic esters (lactones) is 1. The number of amides is 1. The van der Waals surface area contributed by atoms with Gasteiger partial charge in [0, 0.05) is 13.3 Å². The second-order valence-electron chi connectivity index (χ2n) is 5.37. The molecule has 0 radical (unpaired) electrons. The van der Waals surface area contributed by atoms with Crippen LogP contribution in [-0.4, -0.2) is 70.3 Å². The fourth-order valence-corrected chi connectivity index (χ4v) is 2.40. The molecule has 1 unspecified atom stereocenters. The van der Waals surface area contributed by atoms with Crippen molar-refractivity contribution in [3.05, 3.63) is 5.53 Å². The predicted molar refractivity (Wildman–Crippen MR) is 72.1 cm³/mol. The number of carbonyl (C=O) groups is 4. The Morgan fingerprint density at radius 1 is 1.21 bits per heavy atom. The van der Waals surface area contributed by atoms with E-state index in [1.165, 1.54) is 0 Å². The van der Waals surface area contributed by atoms with E-state index in [-0.39, 0.29) is 0 Å². The maximum atomic E-state index is 13.4. The lowest BCUT2D eigenvalue weighted by Gasteiger charge is -2.38. The second-order valence-corrected chi connectivity index (χ2v) is 5.37. The molecule has 0 aromatic heterocycles. The first-order valence-corrected chi connectivity index (χ1v) is 7.15. The minimum atomic E-state index is -6.39. The average molecular weight is 419 g/mol. The third-order valence-corrected chi connectivity index (χ3v) is 3.64. The van der Waals surface area contributed by atoms with Crippen molar-refractivity contribution in [3.8, 4) is 0 Å². The molecule has 1 aliphatic rings. The van der Waals surface area contributed by atoms with Gasteiger partial charge in [-0.05, 0) is 6.42 Å². The number of ketones is 1. The summed E-state index contributed by atoms with van der Waals surface area (Å²) in [5.74, 6) is -7.10. The van der Waals surface area contributed by atoms with E-state index in [4.69, 9.17) is 5.53 Å². The molecule has 1 fully saturated rings. The molecular weight excluding hydrogens is 408 g/mol. The van der Waals surface area contributed by atoms with E-state index in [0.717, 1.165) is 7.11 Å². The highest BCUT2D eigenvalue weighted by Gasteiger charge is 2.83. The van der Waals surface area contributed by atoms with Gasteiger partial charge < -0.3 is 15.0 Å². The summed E-state index contributed by atoms with van der Waals surface area (Å²) in [5, 5.41) is 0. The summed E-state index contributed by atoms with van der Waals surface area (Å²) < 4.78 is 88.4. The molecule has 0 aliphatic carbocycles. The molecule has 0 saturated carbocycles. The molecule has 1 amide bonds. The lowest BCUT2D eigenvalue weighted by Crippen LogP contribution is -2.69. The van der Waals surface area contributed by atoms with Gasteiger partial charge in [0.05, 0.1) is 7.11 Å². The van der Waals surface area contributed by atoms with Crippen LogP contribution in [0.4, 0.5) is 26.3 Å². The molecule has 1 atom stereocenters. The zero-order chi connectivity index (χ0) is 22.1. The van der Waals surface area contributed by atoms with Gasteiger partial charge in [-0.15, -0.1) is 0 Å². The predicted octanol–water partition coefficient (Wildman–Crippen LogP) is 0.774. The molecule has 1 heterocycles. The molecule has 0 spiro atoms. The van der Waals surface area contributed by atoms with Crippen molar-refractivity contribution in [3.63, 3.8) is 0 Å². The number of hydrogen-bond acceptors (Lipinski definition) is 6. The Labute approximate surface area is 151 Å². The number of carbonyl (C=O) groups excluding carboxylic acids is 4. The molecule has 1 saturated heterocycles. The van der Waals surface area contributed by atoms with Crippen molar-refractivity contribution in [2.45, 2.75) is 43.9 Å². The second kappa shape index (κ2) is 7.58.